The maximum Gasteiger partial charge on any atom is 0.410 e. The fraction of sp³-hybridized carbons (Fsp3) is 0.290. The first-order valence-electron chi connectivity index (χ1n) is 13.7. The van der Waals surface area contributed by atoms with Crippen LogP contribution in [-0.4, -0.2) is 60.0 Å². The Kier molecular flexibility index (Phi) is 9.94. The quantitative estimate of drug-likeness (QED) is 0.125. The lowest BCUT2D eigenvalue weighted by atomic mass is 10.0. The Labute approximate surface area is 252 Å². The number of aromatic hydroxyl groups is 1. The molecule has 1 atom stereocenters. The summed E-state index contributed by atoms with van der Waals surface area (Å²) in [6.07, 6.45) is 3.73. The zero-order chi connectivity index (χ0) is 31.1. The van der Waals surface area contributed by atoms with Crippen LogP contribution >= 0.6 is 0 Å². The van der Waals surface area contributed by atoms with Crippen molar-refractivity contribution in [3.8, 4) is 16.9 Å². The molecule has 0 fully saturated rings. The molecule has 1 unspecified atom stereocenters. The number of nitrogens with zero attached hydrogens (tertiary/aromatic N) is 4. The minimum atomic E-state index is -2.69. The molecule has 0 aliphatic carbocycles. The van der Waals surface area contributed by atoms with Gasteiger partial charge in [-0.05, 0) is 80.6 Å². The third-order valence-corrected chi connectivity index (χ3v) is 7.36. The van der Waals surface area contributed by atoms with E-state index in [1.807, 2.05) is 12.1 Å². The first-order valence-corrected chi connectivity index (χ1v) is 14.7. The number of non-ortho nitro benzene ring substituents is 1. The van der Waals surface area contributed by atoms with Crippen molar-refractivity contribution in [1.82, 2.24) is 9.88 Å². The van der Waals surface area contributed by atoms with E-state index in [1.165, 1.54) is 21.3 Å². The Morgan fingerprint density at radius 1 is 1.02 bits per heavy atom. The van der Waals surface area contributed by atoms with E-state index in [2.05, 4.69) is 4.98 Å². The van der Waals surface area contributed by atoms with E-state index in [0.717, 1.165) is 5.56 Å². The van der Waals surface area contributed by atoms with Crippen LogP contribution in [0.1, 0.15) is 32.8 Å². The first kappa shape index (κ1) is 31.4. The van der Waals surface area contributed by atoms with Crippen LogP contribution < -0.4 is 4.31 Å². The Hall–Kier alpha value is -4.55. The zero-order valence-electron chi connectivity index (χ0n) is 24.1. The Morgan fingerprint density at radius 3 is 2.42 bits per heavy atom. The summed E-state index contributed by atoms with van der Waals surface area (Å²) in [5.74, 6) is 0.0799. The molecule has 4 aromatic rings. The highest BCUT2D eigenvalue weighted by molar-refractivity contribution is 7.80. The van der Waals surface area contributed by atoms with Crippen LogP contribution in [-0.2, 0) is 22.4 Å². The van der Waals surface area contributed by atoms with Crippen LogP contribution in [0.4, 0.5) is 16.2 Å². The number of anilines is 1. The smallest absolute Gasteiger partial charge is 0.410 e. The monoisotopic (exact) mass is 605 g/mol. The second-order valence-corrected chi connectivity index (χ2v) is 11.8. The number of amides is 1. The number of ether oxygens (including phenoxy) is 1. The highest BCUT2D eigenvalue weighted by Crippen LogP contribution is 2.34. The second-order valence-electron chi connectivity index (χ2n) is 11.0. The van der Waals surface area contributed by atoms with Crippen molar-refractivity contribution < 1.29 is 28.3 Å². The molecule has 43 heavy (non-hydrogen) atoms. The van der Waals surface area contributed by atoms with Crippen molar-refractivity contribution in [3.05, 3.63) is 94.8 Å². The van der Waals surface area contributed by atoms with Crippen molar-refractivity contribution >= 4 is 39.5 Å². The number of pyridine rings is 1. The van der Waals surface area contributed by atoms with Gasteiger partial charge in [0, 0.05) is 66.2 Å². The lowest BCUT2D eigenvalue weighted by Crippen LogP contribution is -2.42. The SMILES string of the molecule is CC(C)(C)OC(=O)N(CCCc1ccc([N+](=O)[O-])cc1)CCN(c1cc(-c2cccc(O)c2)cc2cnccc12)S(=O)[O-]. The minimum Gasteiger partial charge on any atom is -0.755 e. The molecular weight excluding hydrogens is 572 g/mol. The molecule has 1 amide bonds. The number of rotatable bonds is 11. The summed E-state index contributed by atoms with van der Waals surface area (Å²) in [4.78, 5) is 29.3. The summed E-state index contributed by atoms with van der Waals surface area (Å²) >= 11 is -2.69. The van der Waals surface area contributed by atoms with Crippen LogP contribution in [0.25, 0.3) is 21.9 Å². The van der Waals surface area contributed by atoms with Crippen molar-refractivity contribution in [2.75, 3.05) is 23.9 Å². The fourth-order valence-corrected chi connectivity index (χ4v) is 5.16. The maximum atomic E-state index is 13.1. The molecule has 0 radical (unpaired) electrons. The number of phenolic OH excluding ortho intramolecular Hbond substituents is 1. The molecule has 0 saturated carbocycles. The Balaban J connectivity index is 1.58. The van der Waals surface area contributed by atoms with Crippen molar-refractivity contribution in [3.63, 3.8) is 0 Å². The standard InChI is InChI=1S/C31H34N4O7S/c1-31(2,3)42-30(37)33(15-5-6-22-9-11-26(12-10-22)35(38)39)16-17-34(43(40)41)29-20-24(23-7-4-8-27(36)19-23)18-25-21-32-14-13-28(25)29/h4,7-14,18-21,36H,5-6,15-17H2,1-3H3,(H,40,41)/p-1. The number of carbonyl (C=O) groups is 1. The van der Waals surface area contributed by atoms with Crippen LogP contribution in [0.3, 0.4) is 0 Å². The third-order valence-electron chi connectivity index (χ3n) is 6.62. The molecule has 0 aliphatic heterocycles. The molecule has 1 aromatic heterocycles. The summed E-state index contributed by atoms with van der Waals surface area (Å²) in [5, 5.41) is 22.3. The van der Waals surface area contributed by atoms with E-state index < -0.39 is 27.9 Å². The summed E-state index contributed by atoms with van der Waals surface area (Å²) in [6, 6.07) is 18.2. The van der Waals surface area contributed by atoms with Crippen molar-refractivity contribution in [2.45, 2.75) is 39.2 Å². The van der Waals surface area contributed by atoms with Gasteiger partial charge in [-0.2, -0.15) is 0 Å². The van der Waals surface area contributed by atoms with Gasteiger partial charge in [-0.1, -0.05) is 24.3 Å². The summed E-state index contributed by atoms with van der Waals surface area (Å²) in [6.45, 7) is 5.54. The van der Waals surface area contributed by atoms with Crippen molar-refractivity contribution in [2.24, 2.45) is 0 Å². The van der Waals surface area contributed by atoms with Crippen LogP contribution in [0, 0.1) is 10.1 Å². The number of hydrogen-bond donors (Lipinski definition) is 1. The van der Waals surface area contributed by atoms with E-state index in [1.54, 1.807) is 75.6 Å². The Bertz CT molecular complexity index is 1620. The molecule has 1 heterocycles. The number of benzene rings is 3. The molecule has 3 aromatic carbocycles. The first-order chi connectivity index (χ1) is 20.4. The summed E-state index contributed by atoms with van der Waals surface area (Å²) in [7, 11) is 0. The maximum absolute atomic E-state index is 13.1. The van der Waals surface area contributed by atoms with E-state index >= 15 is 0 Å². The normalized spacial score (nSPS) is 12.1. The van der Waals surface area contributed by atoms with Crippen LogP contribution in [0.15, 0.2) is 79.1 Å². The number of aryl methyl sites for hydroxylation is 1. The average molecular weight is 606 g/mol. The Morgan fingerprint density at radius 2 is 1.77 bits per heavy atom. The molecule has 0 aliphatic rings. The minimum absolute atomic E-state index is 0.00118. The van der Waals surface area contributed by atoms with E-state index in [-0.39, 0.29) is 31.1 Å². The van der Waals surface area contributed by atoms with Gasteiger partial charge >= 0.3 is 6.09 Å². The summed E-state index contributed by atoms with van der Waals surface area (Å²) < 4.78 is 32.0. The number of phenols is 1. The molecule has 0 bridgehead atoms. The molecular formula is C31H33N4O7S-. The topological polar surface area (TPSA) is 149 Å². The van der Waals surface area contributed by atoms with Gasteiger partial charge in [0.2, 0.25) is 0 Å². The van der Waals surface area contributed by atoms with Crippen LogP contribution in [0.5, 0.6) is 5.75 Å². The lowest BCUT2D eigenvalue weighted by molar-refractivity contribution is -0.384. The largest absolute Gasteiger partial charge is 0.755 e. The molecule has 12 heteroatoms. The molecule has 226 valence electrons. The molecule has 11 nitrogen and oxygen atoms in total. The van der Waals surface area contributed by atoms with Gasteiger partial charge in [0.25, 0.3) is 5.69 Å². The highest BCUT2D eigenvalue weighted by Gasteiger charge is 2.23. The van der Waals surface area contributed by atoms with Crippen molar-refractivity contribution in [1.29, 1.82) is 0 Å². The lowest BCUT2D eigenvalue weighted by Gasteiger charge is -2.32. The van der Waals surface area contributed by atoms with Gasteiger partial charge in [0.15, 0.2) is 0 Å². The summed E-state index contributed by atoms with van der Waals surface area (Å²) in [5.41, 5.74) is 1.91. The van der Waals surface area contributed by atoms with E-state index in [0.29, 0.717) is 40.4 Å². The number of nitro groups is 1. The molecule has 0 saturated heterocycles. The van der Waals surface area contributed by atoms with Gasteiger partial charge in [-0.25, -0.2) is 4.79 Å². The number of fused-ring (bicyclic) bond motifs is 1. The molecule has 1 N–H and O–H groups in total. The van der Waals surface area contributed by atoms with Crippen LogP contribution in [0.2, 0.25) is 0 Å². The number of aromatic nitrogens is 1. The predicted octanol–water partition coefficient (Wildman–Crippen LogP) is 5.99. The van der Waals surface area contributed by atoms with Gasteiger partial charge in [0.1, 0.15) is 11.4 Å². The van der Waals surface area contributed by atoms with Gasteiger partial charge < -0.3 is 23.6 Å². The average Bonchev–Trinajstić information content (AvgIpc) is 2.95. The predicted molar refractivity (Wildman–Crippen MR) is 164 cm³/mol. The van der Waals surface area contributed by atoms with E-state index in [4.69, 9.17) is 4.74 Å². The third kappa shape index (κ3) is 8.49. The van der Waals surface area contributed by atoms with Gasteiger partial charge in [0.05, 0.1) is 10.6 Å². The van der Waals surface area contributed by atoms with Gasteiger partial charge in [-0.15, -0.1) is 0 Å². The highest BCUT2D eigenvalue weighted by atomic mass is 32.2. The fourth-order valence-electron chi connectivity index (χ4n) is 4.61. The zero-order valence-corrected chi connectivity index (χ0v) is 25.0. The van der Waals surface area contributed by atoms with E-state index in [9.17, 15) is 28.8 Å². The number of hydrogen-bond acceptors (Lipinski definition) is 8. The van der Waals surface area contributed by atoms with Gasteiger partial charge in [-0.3, -0.25) is 19.3 Å². The number of nitro benzene ring substituents is 1. The number of carbonyl (C=O) groups excluding carboxylic acids is 1. The molecule has 4 rings (SSSR count). The second kappa shape index (κ2) is 13.6. The molecule has 0 spiro atoms.